The van der Waals surface area contributed by atoms with Gasteiger partial charge >= 0.3 is 0 Å². The van der Waals surface area contributed by atoms with Gasteiger partial charge in [0.15, 0.2) is 10.9 Å². The number of aromatic nitrogens is 3. The molecular weight excluding hydrogens is 364 g/mol. The second-order valence-electron chi connectivity index (χ2n) is 5.74. The zero-order valence-corrected chi connectivity index (χ0v) is 15.5. The number of carbonyl (C=O) groups is 1. The number of benzene rings is 1. The number of nitrogens with one attached hydrogen (secondary N) is 1. The molecule has 0 fully saturated rings. The lowest BCUT2D eigenvalue weighted by Gasteiger charge is -2.01. The molecule has 0 bridgehead atoms. The van der Waals surface area contributed by atoms with E-state index in [1.54, 1.807) is 37.2 Å². The number of hydrogen-bond acceptors (Lipinski definition) is 6. The number of ether oxygens (including phenoxy) is 1. The Morgan fingerprint density at radius 3 is 2.89 bits per heavy atom. The maximum atomic E-state index is 12.6. The van der Waals surface area contributed by atoms with Crippen molar-refractivity contribution in [1.29, 1.82) is 0 Å². The molecule has 1 aromatic carbocycles. The van der Waals surface area contributed by atoms with Crippen LogP contribution in [0.25, 0.3) is 22.7 Å². The van der Waals surface area contributed by atoms with E-state index in [1.165, 1.54) is 11.3 Å². The molecule has 0 atom stereocenters. The fourth-order valence-corrected chi connectivity index (χ4v) is 3.33. The Morgan fingerprint density at radius 2 is 2.11 bits per heavy atom. The van der Waals surface area contributed by atoms with Crippen molar-refractivity contribution >= 4 is 22.4 Å². The zero-order valence-electron chi connectivity index (χ0n) is 14.7. The van der Waals surface area contributed by atoms with Crippen molar-refractivity contribution in [3.8, 4) is 28.5 Å². The molecular formula is C19H16N4O3S. The topological polar surface area (TPSA) is 82.2 Å². The molecule has 1 N–H and O–H groups in total. The SMILES string of the molecule is COc1cccc(-c2cc(C(=O)Nc3nc(-c4ccco4)cs3)n(C)n2)c1. The number of nitrogens with zero attached hydrogens (tertiary/aromatic N) is 3. The van der Waals surface area contributed by atoms with Gasteiger partial charge in [-0.2, -0.15) is 5.10 Å². The maximum Gasteiger partial charge on any atom is 0.275 e. The Morgan fingerprint density at radius 1 is 1.22 bits per heavy atom. The highest BCUT2D eigenvalue weighted by atomic mass is 32.1. The molecule has 3 aromatic heterocycles. The molecule has 0 saturated heterocycles. The Labute approximate surface area is 159 Å². The molecule has 8 heteroatoms. The van der Waals surface area contributed by atoms with E-state index in [1.807, 2.05) is 35.7 Å². The number of thiazole rings is 1. The molecule has 0 unspecified atom stereocenters. The minimum atomic E-state index is -0.278. The lowest BCUT2D eigenvalue weighted by Crippen LogP contribution is -2.15. The summed E-state index contributed by atoms with van der Waals surface area (Å²) >= 11 is 1.34. The third-order valence-corrected chi connectivity index (χ3v) is 4.73. The van der Waals surface area contributed by atoms with Crippen LogP contribution in [0.5, 0.6) is 5.75 Å². The van der Waals surface area contributed by atoms with Gasteiger partial charge in [-0.1, -0.05) is 12.1 Å². The van der Waals surface area contributed by atoms with E-state index < -0.39 is 0 Å². The van der Waals surface area contributed by atoms with E-state index in [9.17, 15) is 4.79 Å². The minimum Gasteiger partial charge on any atom is -0.497 e. The molecule has 0 radical (unpaired) electrons. The van der Waals surface area contributed by atoms with E-state index in [4.69, 9.17) is 9.15 Å². The van der Waals surface area contributed by atoms with E-state index in [-0.39, 0.29) is 5.91 Å². The molecule has 136 valence electrons. The molecule has 4 aromatic rings. The van der Waals surface area contributed by atoms with Crippen molar-refractivity contribution in [2.45, 2.75) is 0 Å². The van der Waals surface area contributed by atoms with Crippen LogP contribution >= 0.6 is 11.3 Å². The monoisotopic (exact) mass is 380 g/mol. The summed E-state index contributed by atoms with van der Waals surface area (Å²) in [6.07, 6.45) is 1.59. The summed E-state index contributed by atoms with van der Waals surface area (Å²) in [4.78, 5) is 17.0. The Kier molecular flexibility index (Phi) is 4.47. The third-order valence-electron chi connectivity index (χ3n) is 3.98. The second-order valence-corrected chi connectivity index (χ2v) is 6.60. The highest BCUT2D eigenvalue weighted by molar-refractivity contribution is 7.14. The van der Waals surface area contributed by atoms with Crippen molar-refractivity contribution in [3.05, 3.63) is 59.8 Å². The van der Waals surface area contributed by atoms with Crippen LogP contribution in [0.3, 0.4) is 0 Å². The number of hydrogen-bond donors (Lipinski definition) is 1. The van der Waals surface area contributed by atoms with Crippen molar-refractivity contribution in [2.75, 3.05) is 12.4 Å². The van der Waals surface area contributed by atoms with Crippen LogP contribution in [0.15, 0.2) is 58.5 Å². The molecule has 0 saturated carbocycles. The van der Waals surface area contributed by atoms with E-state index in [0.717, 1.165) is 11.3 Å². The average Bonchev–Trinajstić information content (AvgIpc) is 3.42. The molecule has 1 amide bonds. The molecule has 0 aliphatic heterocycles. The van der Waals surface area contributed by atoms with Crippen LogP contribution < -0.4 is 10.1 Å². The number of anilines is 1. The van der Waals surface area contributed by atoms with Crippen LogP contribution in [0.2, 0.25) is 0 Å². The summed E-state index contributed by atoms with van der Waals surface area (Å²) in [6, 6.07) is 12.9. The Balaban J connectivity index is 1.55. The van der Waals surface area contributed by atoms with Crippen LogP contribution in [0.1, 0.15) is 10.5 Å². The molecule has 7 nitrogen and oxygen atoms in total. The van der Waals surface area contributed by atoms with E-state index in [2.05, 4.69) is 15.4 Å². The van der Waals surface area contributed by atoms with Crippen molar-refractivity contribution in [3.63, 3.8) is 0 Å². The summed E-state index contributed by atoms with van der Waals surface area (Å²) in [7, 11) is 3.34. The summed E-state index contributed by atoms with van der Waals surface area (Å²) in [5.74, 6) is 1.12. The zero-order chi connectivity index (χ0) is 18.8. The number of aryl methyl sites for hydroxylation is 1. The van der Waals surface area contributed by atoms with Crippen molar-refractivity contribution in [1.82, 2.24) is 14.8 Å². The van der Waals surface area contributed by atoms with Gasteiger partial charge in [0, 0.05) is 18.0 Å². The van der Waals surface area contributed by atoms with Gasteiger partial charge in [-0.05, 0) is 30.3 Å². The maximum absolute atomic E-state index is 12.6. The average molecular weight is 380 g/mol. The predicted octanol–water partition coefficient (Wildman–Crippen LogP) is 4.06. The standard InChI is InChI=1S/C19H16N4O3S/c1-23-16(10-14(22-23)12-5-3-6-13(9-12)25-2)18(24)21-19-20-15(11-27-19)17-7-4-8-26-17/h3-11H,1-2H3,(H,20,21,24). The number of carbonyl (C=O) groups excluding carboxylic acids is 1. The number of rotatable bonds is 5. The first kappa shape index (κ1) is 17.0. The highest BCUT2D eigenvalue weighted by Gasteiger charge is 2.17. The summed E-state index contributed by atoms with van der Waals surface area (Å²) in [6.45, 7) is 0. The van der Waals surface area contributed by atoms with Gasteiger partial charge in [-0.3, -0.25) is 14.8 Å². The normalized spacial score (nSPS) is 10.7. The van der Waals surface area contributed by atoms with Gasteiger partial charge in [0.1, 0.15) is 17.1 Å². The largest absolute Gasteiger partial charge is 0.497 e. The van der Waals surface area contributed by atoms with Crippen LogP contribution in [-0.2, 0) is 7.05 Å². The third kappa shape index (κ3) is 3.47. The minimum absolute atomic E-state index is 0.278. The number of furan rings is 1. The molecule has 27 heavy (non-hydrogen) atoms. The van der Waals surface area contributed by atoms with Gasteiger partial charge < -0.3 is 9.15 Å². The van der Waals surface area contributed by atoms with Crippen LogP contribution in [-0.4, -0.2) is 27.8 Å². The van der Waals surface area contributed by atoms with Gasteiger partial charge in [-0.25, -0.2) is 4.98 Å². The fraction of sp³-hybridized carbons (Fsp3) is 0.105. The van der Waals surface area contributed by atoms with E-state index >= 15 is 0 Å². The van der Waals surface area contributed by atoms with Crippen molar-refractivity contribution < 1.29 is 13.9 Å². The predicted molar refractivity (Wildman–Crippen MR) is 103 cm³/mol. The highest BCUT2D eigenvalue weighted by Crippen LogP contribution is 2.26. The molecule has 0 aliphatic rings. The van der Waals surface area contributed by atoms with Crippen LogP contribution in [0, 0.1) is 0 Å². The quantitative estimate of drug-likeness (QED) is 0.564. The van der Waals surface area contributed by atoms with Crippen molar-refractivity contribution in [2.24, 2.45) is 7.05 Å². The number of amides is 1. The van der Waals surface area contributed by atoms with Gasteiger partial charge in [0.2, 0.25) is 0 Å². The fourth-order valence-electron chi connectivity index (χ4n) is 2.63. The van der Waals surface area contributed by atoms with E-state index in [0.29, 0.717) is 28.0 Å². The summed E-state index contributed by atoms with van der Waals surface area (Å²) in [5, 5.41) is 9.57. The van der Waals surface area contributed by atoms with Gasteiger partial charge in [0.25, 0.3) is 5.91 Å². The first-order chi connectivity index (χ1) is 13.1. The summed E-state index contributed by atoms with van der Waals surface area (Å²) < 4.78 is 12.1. The lowest BCUT2D eigenvalue weighted by molar-refractivity contribution is 0.101. The molecule has 0 spiro atoms. The smallest absolute Gasteiger partial charge is 0.275 e. The Hall–Kier alpha value is -3.39. The first-order valence-electron chi connectivity index (χ1n) is 8.13. The molecule has 4 rings (SSSR count). The van der Waals surface area contributed by atoms with Gasteiger partial charge in [-0.15, -0.1) is 11.3 Å². The van der Waals surface area contributed by atoms with Gasteiger partial charge in [0.05, 0.1) is 19.1 Å². The van der Waals surface area contributed by atoms with Crippen LogP contribution in [0.4, 0.5) is 5.13 Å². The summed E-state index contributed by atoms with van der Waals surface area (Å²) in [5.41, 5.74) is 2.68. The molecule has 3 heterocycles. The Bertz CT molecular complexity index is 1080. The molecule has 0 aliphatic carbocycles. The second kappa shape index (κ2) is 7.08. The number of methoxy groups -OCH3 is 1. The first-order valence-corrected chi connectivity index (χ1v) is 9.01. The lowest BCUT2D eigenvalue weighted by atomic mass is 10.1.